The molecule has 0 radical (unpaired) electrons. The van der Waals surface area contributed by atoms with Crippen LogP contribution in [0.3, 0.4) is 0 Å². The molecule has 0 N–H and O–H groups in total. The van der Waals surface area contributed by atoms with E-state index in [1.807, 2.05) is 14.1 Å². The van der Waals surface area contributed by atoms with Gasteiger partial charge < -0.3 is 4.90 Å². The molecule has 1 heterocycles. The normalized spacial score (nSPS) is 21.9. The summed E-state index contributed by atoms with van der Waals surface area (Å²) in [6.45, 7) is 4.42. The van der Waals surface area contributed by atoms with Crippen LogP contribution in [0.4, 0.5) is 0 Å². The Morgan fingerprint density at radius 3 is 2.73 bits per heavy atom. The Morgan fingerprint density at radius 2 is 2.13 bits per heavy atom. The van der Waals surface area contributed by atoms with Gasteiger partial charge in [0.15, 0.2) is 0 Å². The fourth-order valence-electron chi connectivity index (χ4n) is 2.24. The van der Waals surface area contributed by atoms with E-state index < -0.39 is 0 Å². The second-order valence-electron chi connectivity index (χ2n) is 4.63. The molecule has 0 saturated carbocycles. The van der Waals surface area contributed by atoms with Crippen molar-refractivity contribution in [2.45, 2.75) is 45.1 Å². The molecule has 1 aliphatic rings. The first-order chi connectivity index (χ1) is 7.16. The maximum absolute atomic E-state index is 11.9. The predicted octanol–water partition coefficient (Wildman–Crippen LogP) is 1.73. The molecule has 1 amide bonds. The third-order valence-electron chi connectivity index (χ3n) is 3.14. The van der Waals surface area contributed by atoms with Gasteiger partial charge in [-0.1, -0.05) is 19.8 Å². The molecule has 0 aromatic rings. The van der Waals surface area contributed by atoms with Crippen LogP contribution in [0.5, 0.6) is 0 Å². The van der Waals surface area contributed by atoms with Crippen LogP contribution in [0.1, 0.15) is 39.0 Å². The number of amides is 1. The second kappa shape index (κ2) is 6.11. The highest BCUT2D eigenvalue weighted by molar-refractivity contribution is 5.81. The molecule has 0 aliphatic carbocycles. The number of hydrogen-bond acceptors (Lipinski definition) is 2. The van der Waals surface area contributed by atoms with E-state index in [1.54, 1.807) is 4.90 Å². The lowest BCUT2D eigenvalue weighted by molar-refractivity contribution is -0.133. The minimum Gasteiger partial charge on any atom is -0.347 e. The van der Waals surface area contributed by atoms with Crippen LogP contribution in [-0.4, -0.2) is 48.9 Å². The number of likely N-dealkylation sites (N-methyl/N-ethyl adjacent to an activating group) is 1. The van der Waals surface area contributed by atoms with Crippen molar-refractivity contribution in [3.8, 4) is 0 Å². The van der Waals surface area contributed by atoms with Crippen molar-refractivity contribution in [2.75, 3.05) is 27.2 Å². The molecule has 1 saturated heterocycles. The van der Waals surface area contributed by atoms with Gasteiger partial charge in [-0.3, -0.25) is 9.69 Å². The summed E-state index contributed by atoms with van der Waals surface area (Å²) in [6, 6.07) is 0.164. The molecule has 15 heavy (non-hydrogen) atoms. The monoisotopic (exact) mass is 212 g/mol. The molecule has 0 aromatic heterocycles. The summed E-state index contributed by atoms with van der Waals surface area (Å²) in [4.78, 5) is 16.0. The molecule has 0 spiro atoms. The van der Waals surface area contributed by atoms with E-state index >= 15 is 0 Å². The highest BCUT2D eigenvalue weighted by Crippen LogP contribution is 2.19. The van der Waals surface area contributed by atoms with E-state index in [4.69, 9.17) is 0 Å². The van der Waals surface area contributed by atoms with E-state index in [1.165, 1.54) is 25.7 Å². The number of unbranched alkanes of at least 4 members (excludes halogenated alkanes) is 2. The quantitative estimate of drug-likeness (QED) is 0.648. The zero-order valence-electron chi connectivity index (χ0n) is 10.3. The van der Waals surface area contributed by atoms with Crippen molar-refractivity contribution in [1.29, 1.82) is 0 Å². The largest absolute Gasteiger partial charge is 0.347 e. The highest BCUT2D eigenvalue weighted by Gasteiger charge is 2.30. The summed E-state index contributed by atoms with van der Waals surface area (Å²) in [7, 11) is 3.70. The van der Waals surface area contributed by atoms with Gasteiger partial charge in [-0.2, -0.15) is 0 Å². The molecule has 0 bridgehead atoms. The fourth-order valence-corrected chi connectivity index (χ4v) is 2.24. The average molecular weight is 212 g/mol. The molecular formula is C12H24N2O. The third kappa shape index (κ3) is 3.49. The van der Waals surface area contributed by atoms with Crippen LogP contribution >= 0.6 is 0 Å². The highest BCUT2D eigenvalue weighted by atomic mass is 16.2. The maximum Gasteiger partial charge on any atom is 0.239 e. The molecule has 1 atom stereocenters. The Kier molecular flexibility index (Phi) is 5.09. The molecule has 1 fully saturated rings. The summed E-state index contributed by atoms with van der Waals surface area (Å²) >= 11 is 0. The van der Waals surface area contributed by atoms with E-state index in [0.717, 1.165) is 19.5 Å². The number of rotatable bonds is 5. The van der Waals surface area contributed by atoms with Crippen molar-refractivity contribution in [1.82, 2.24) is 9.80 Å². The van der Waals surface area contributed by atoms with Gasteiger partial charge in [-0.05, 0) is 32.4 Å². The molecule has 3 nitrogen and oxygen atoms in total. The maximum atomic E-state index is 11.9. The third-order valence-corrected chi connectivity index (χ3v) is 3.14. The summed E-state index contributed by atoms with van der Waals surface area (Å²) in [5.74, 6) is 0.281. The average Bonchev–Trinajstić information content (AvgIpc) is 2.65. The fraction of sp³-hybridized carbons (Fsp3) is 0.917. The SMILES string of the molecule is CCCCCN1CCCC1C(=O)N(C)C. The lowest BCUT2D eigenvalue weighted by atomic mass is 10.2. The van der Waals surface area contributed by atoms with Gasteiger partial charge in [0, 0.05) is 14.1 Å². The van der Waals surface area contributed by atoms with Gasteiger partial charge in [-0.25, -0.2) is 0 Å². The Morgan fingerprint density at radius 1 is 1.40 bits per heavy atom. The smallest absolute Gasteiger partial charge is 0.239 e. The summed E-state index contributed by atoms with van der Waals surface area (Å²) in [5.41, 5.74) is 0. The molecule has 3 heteroatoms. The second-order valence-corrected chi connectivity index (χ2v) is 4.63. The number of carbonyl (C=O) groups excluding carboxylic acids is 1. The van der Waals surface area contributed by atoms with Gasteiger partial charge in [0.1, 0.15) is 0 Å². The lowest BCUT2D eigenvalue weighted by Gasteiger charge is -2.25. The van der Waals surface area contributed by atoms with E-state index in [2.05, 4.69) is 11.8 Å². The number of nitrogens with zero attached hydrogens (tertiary/aromatic N) is 2. The zero-order chi connectivity index (χ0) is 11.3. The lowest BCUT2D eigenvalue weighted by Crippen LogP contribution is -2.42. The summed E-state index contributed by atoms with van der Waals surface area (Å²) < 4.78 is 0. The Labute approximate surface area is 93.4 Å². The standard InChI is InChI=1S/C12H24N2O/c1-4-5-6-9-14-10-7-8-11(14)12(15)13(2)3/h11H,4-10H2,1-3H3. The van der Waals surface area contributed by atoms with Gasteiger partial charge in [0.05, 0.1) is 6.04 Å². The Hall–Kier alpha value is -0.570. The van der Waals surface area contributed by atoms with Crippen LogP contribution in [0, 0.1) is 0 Å². The van der Waals surface area contributed by atoms with Crippen LogP contribution in [0.15, 0.2) is 0 Å². The summed E-state index contributed by atoms with van der Waals surface area (Å²) in [6.07, 6.45) is 5.98. The van der Waals surface area contributed by atoms with Crippen LogP contribution in [0.25, 0.3) is 0 Å². The molecule has 1 unspecified atom stereocenters. The number of hydrogen-bond donors (Lipinski definition) is 0. The van der Waals surface area contributed by atoms with Gasteiger partial charge in [0.2, 0.25) is 5.91 Å². The minimum absolute atomic E-state index is 0.164. The molecule has 1 rings (SSSR count). The first kappa shape index (κ1) is 12.5. The molecule has 0 aromatic carbocycles. The Bertz CT molecular complexity index is 204. The molecular weight excluding hydrogens is 188 g/mol. The van der Waals surface area contributed by atoms with Crippen molar-refractivity contribution >= 4 is 5.91 Å². The zero-order valence-corrected chi connectivity index (χ0v) is 10.3. The number of likely N-dealkylation sites (tertiary alicyclic amines) is 1. The van der Waals surface area contributed by atoms with E-state index in [-0.39, 0.29) is 11.9 Å². The number of carbonyl (C=O) groups is 1. The van der Waals surface area contributed by atoms with E-state index in [0.29, 0.717) is 0 Å². The first-order valence-corrected chi connectivity index (χ1v) is 6.12. The van der Waals surface area contributed by atoms with Crippen LogP contribution in [0.2, 0.25) is 0 Å². The molecule has 88 valence electrons. The Balaban J connectivity index is 2.39. The van der Waals surface area contributed by atoms with Crippen molar-refractivity contribution in [3.63, 3.8) is 0 Å². The van der Waals surface area contributed by atoms with Gasteiger partial charge in [-0.15, -0.1) is 0 Å². The minimum atomic E-state index is 0.164. The van der Waals surface area contributed by atoms with Crippen LogP contribution < -0.4 is 0 Å². The predicted molar refractivity (Wildman–Crippen MR) is 62.8 cm³/mol. The first-order valence-electron chi connectivity index (χ1n) is 6.12. The summed E-state index contributed by atoms with van der Waals surface area (Å²) in [5, 5.41) is 0. The van der Waals surface area contributed by atoms with Gasteiger partial charge >= 0.3 is 0 Å². The van der Waals surface area contributed by atoms with Crippen LogP contribution in [-0.2, 0) is 4.79 Å². The topological polar surface area (TPSA) is 23.6 Å². The molecule has 1 aliphatic heterocycles. The van der Waals surface area contributed by atoms with Crippen molar-refractivity contribution in [2.24, 2.45) is 0 Å². The van der Waals surface area contributed by atoms with Crippen molar-refractivity contribution < 1.29 is 4.79 Å². The van der Waals surface area contributed by atoms with E-state index in [9.17, 15) is 4.79 Å². The van der Waals surface area contributed by atoms with Crippen molar-refractivity contribution in [3.05, 3.63) is 0 Å². The van der Waals surface area contributed by atoms with Gasteiger partial charge in [0.25, 0.3) is 0 Å².